The lowest BCUT2D eigenvalue weighted by molar-refractivity contribution is 0.147. The van der Waals surface area contributed by atoms with E-state index in [1.165, 1.54) is 0 Å². The van der Waals surface area contributed by atoms with E-state index < -0.39 is 6.10 Å². The molecule has 1 unspecified atom stereocenters. The standard InChI is InChI=1S/C13H11Cl3O2/c1-2-10(17)11-3-4-12(18-11)13-8(15)5-7(14)6-9(13)16/h3-6,10,17H,2H2,1H3. The van der Waals surface area contributed by atoms with Crippen molar-refractivity contribution in [2.24, 2.45) is 0 Å². The maximum absolute atomic E-state index is 9.69. The minimum atomic E-state index is -0.622. The van der Waals surface area contributed by atoms with Crippen molar-refractivity contribution in [1.29, 1.82) is 0 Å². The largest absolute Gasteiger partial charge is 0.458 e. The number of halogens is 3. The van der Waals surface area contributed by atoms with E-state index in [1.807, 2.05) is 6.92 Å². The predicted molar refractivity (Wildman–Crippen MR) is 74.4 cm³/mol. The maximum Gasteiger partial charge on any atom is 0.137 e. The normalized spacial score (nSPS) is 12.7. The molecular weight excluding hydrogens is 294 g/mol. The van der Waals surface area contributed by atoms with Crippen molar-refractivity contribution in [3.8, 4) is 11.3 Å². The number of benzene rings is 1. The number of aliphatic hydroxyl groups is 1. The summed E-state index contributed by atoms with van der Waals surface area (Å²) in [5.41, 5.74) is 0.581. The fraction of sp³-hybridized carbons (Fsp3) is 0.231. The minimum absolute atomic E-state index is 0.416. The molecule has 2 aromatic rings. The quantitative estimate of drug-likeness (QED) is 0.829. The Morgan fingerprint density at radius 1 is 1.17 bits per heavy atom. The van der Waals surface area contributed by atoms with Gasteiger partial charge in [-0.15, -0.1) is 0 Å². The topological polar surface area (TPSA) is 33.4 Å². The van der Waals surface area contributed by atoms with Crippen LogP contribution in [0.5, 0.6) is 0 Å². The zero-order chi connectivity index (χ0) is 13.3. The molecule has 0 amide bonds. The van der Waals surface area contributed by atoms with Crippen molar-refractivity contribution in [3.05, 3.63) is 45.1 Å². The van der Waals surface area contributed by atoms with Gasteiger partial charge in [0.2, 0.25) is 0 Å². The molecule has 18 heavy (non-hydrogen) atoms. The Labute approximate surface area is 120 Å². The van der Waals surface area contributed by atoms with Gasteiger partial charge in [-0.1, -0.05) is 41.7 Å². The molecule has 0 saturated carbocycles. The van der Waals surface area contributed by atoms with Crippen molar-refractivity contribution in [3.63, 3.8) is 0 Å². The second kappa shape index (κ2) is 5.54. The Kier molecular flexibility index (Phi) is 4.23. The van der Waals surface area contributed by atoms with Crippen molar-refractivity contribution < 1.29 is 9.52 Å². The molecule has 1 atom stereocenters. The van der Waals surface area contributed by atoms with Crippen LogP contribution in [0, 0.1) is 0 Å². The molecule has 0 bridgehead atoms. The second-order valence-electron chi connectivity index (χ2n) is 3.87. The number of hydrogen-bond acceptors (Lipinski definition) is 2. The Morgan fingerprint density at radius 3 is 2.33 bits per heavy atom. The van der Waals surface area contributed by atoms with Gasteiger partial charge in [0.15, 0.2) is 0 Å². The SMILES string of the molecule is CCC(O)c1ccc(-c2c(Cl)cc(Cl)cc2Cl)o1. The molecule has 1 heterocycles. The van der Waals surface area contributed by atoms with E-state index in [-0.39, 0.29) is 0 Å². The first-order valence-electron chi connectivity index (χ1n) is 5.45. The summed E-state index contributed by atoms with van der Waals surface area (Å²) in [5.74, 6) is 1.01. The predicted octanol–water partition coefficient (Wildman–Crippen LogP) is 5.35. The van der Waals surface area contributed by atoms with Gasteiger partial charge in [0.25, 0.3) is 0 Å². The summed E-state index contributed by atoms with van der Waals surface area (Å²) < 4.78 is 5.56. The number of rotatable bonds is 3. The summed E-state index contributed by atoms with van der Waals surface area (Å²) in [6.45, 7) is 1.87. The van der Waals surface area contributed by atoms with Gasteiger partial charge < -0.3 is 9.52 Å². The van der Waals surface area contributed by atoms with Crippen LogP contribution in [-0.2, 0) is 0 Å². The van der Waals surface area contributed by atoms with E-state index in [4.69, 9.17) is 39.2 Å². The van der Waals surface area contributed by atoms with Gasteiger partial charge in [-0.2, -0.15) is 0 Å². The first-order valence-corrected chi connectivity index (χ1v) is 6.59. The van der Waals surface area contributed by atoms with E-state index >= 15 is 0 Å². The third-order valence-electron chi connectivity index (χ3n) is 2.60. The van der Waals surface area contributed by atoms with E-state index in [2.05, 4.69) is 0 Å². The first kappa shape index (κ1) is 13.8. The summed E-state index contributed by atoms with van der Waals surface area (Å²) in [4.78, 5) is 0. The van der Waals surface area contributed by atoms with E-state index in [0.717, 1.165) is 0 Å². The molecular formula is C13H11Cl3O2. The lowest BCUT2D eigenvalue weighted by Crippen LogP contribution is -1.91. The average molecular weight is 306 g/mol. The van der Waals surface area contributed by atoms with Gasteiger partial charge in [0.05, 0.1) is 15.6 Å². The van der Waals surface area contributed by atoms with Gasteiger partial charge in [-0.25, -0.2) is 0 Å². The molecule has 0 spiro atoms. The Morgan fingerprint density at radius 2 is 1.78 bits per heavy atom. The maximum atomic E-state index is 9.69. The molecule has 0 fully saturated rings. The molecule has 96 valence electrons. The van der Waals surface area contributed by atoms with Gasteiger partial charge in [0, 0.05) is 5.02 Å². The Bertz CT molecular complexity index is 540. The zero-order valence-electron chi connectivity index (χ0n) is 9.58. The molecule has 0 aliphatic heterocycles. The van der Waals surface area contributed by atoms with Gasteiger partial charge >= 0.3 is 0 Å². The lowest BCUT2D eigenvalue weighted by Gasteiger charge is -2.06. The molecule has 1 aromatic carbocycles. The van der Waals surface area contributed by atoms with Crippen LogP contribution in [0.25, 0.3) is 11.3 Å². The number of hydrogen-bond donors (Lipinski definition) is 1. The summed E-state index contributed by atoms with van der Waals surface area (Å²) in [5, 5.41) is 11.0. The fourth-order valence-corrected chi connectivity index (χ4v) is 2.65. The second-order valence-corrected chi connectivity index (χ2v) is 5.12. The Hall–Kier alpha value is -0.670. The van der Waals surface area contributed by atoms with Crippen molar-refractivity contribution in [2.75, 3.05) is 0 Å². The molecule has 2 rings (SSSR count). The third kappa shape index (κ3) is 2.67. The van der Waals surface area contributed by atoms with Crippen LogP contribution in [0.15, 0.2) is 28.7 Å². The van der Waals surface area contributed by atoms with Crippen molar-refractivity contribution in [1.82, 2.24) is 0 Å². The van der Waals surface area contributed by atoms with E-state index in [0.29, 0.717) is 38.6 Å². The van der Waals surface area contributed by atoms with Gasteiger partial charge in [-0.05, 0) is 30.7 Å². The number of aliphatic hydroxyl groups excluding tert-OH is 1. The molecule has 0 saturated heterocycles. The number of furan rings is 1. The molecule has 1 aromatic heterocycles. The fourth-order valence-electron chi connectivity index (χ4n) is 1.65. The average Bonchev–Trinajstić information content (AvgIpc) is 2.76. The highest BCUT2D eigenvalue weighted by molar-refractivity contribution is 6.41. The van der Waals surface area contributed by atoms with Crippen LogP contribution in [0.2, 0.25) is 15.1 Å². The molecule has 2 nitrogen and oxygen atoms in total. The van der Waals surface area contributed by atoms with Crippen LogP contribution in [0.4, 0.5) is 0 Å². The molecule has 0 aliphatic carbocycles. The van der Waals surface area contributed by atoms with Crippen LogP contribution in [0.1, 0.15) is 25.2 Å². The van der Waals surface area contributed by atoms with Crippen LogP contribution in [-0.4, -0.2) is 5.11 Å². The van der Waals surface area contributed by atoms with E-state index in [1.54, 1.807) is 24.3 Å². The van der Waals surface area contributed by atoms with Crippen molar-refractivity contribution >= 4 is 34.8 Å². The minimum Gasteiger partial charge on any atom is -0.458 e. The molecule has 5 heteroatoms. The van der Waals surface area contributed by atoms with E-state index in [9.17, 15) is 5.11 Å². The summed E-state index contributed by atoms with van der Waals surface area (Å²) in [7, 11) is 0. The third-order valence-corrected chi connectivity index (χ3v) is 3.41. The Balaban J connectivity index is 2.46. The van der Waals surface area contributed by atoms with Crippen LogP contribution >= 0.6 is 34.8 Å². The van der Waals surface area contributed by atoms with Crippen LogP contribution in [0.3, 0.4) is 0 Å². The highest BCUT2D eigenvalue weighted by atomic mass is 35.5. The smallest absolute Gasteiger partial charge is 0.137 e. The molecule has 0 radical (unpaired) electrons. The monoisotopic (exact) mass is 304 g/mol. The highest BCUT2D eigenvalue weighted by Crippen LogP contribution is 2.38. The zero-order valence-corrected chi connectivity index (χ0v) is 11.9. The highest BCUT2D eigenvalue weighted by Gasteiger charge is 2.16. The molecule has 1 N–H and O–H groups in total. The van der Waals surface area contributed by atoms with Gasteiger partial charge in [-0.3, -0.25) is 0 Å². The summed E-state index contributed by atoms with van der Waals surface area (Å²) in [6, 6.07) is 6.64. The summed E-state index contributed by atoms with van der Waals surface area (Å²) >= 11 is 18.0. The molecule has 0 aliphatic rings. The lowest BCUT2D eigenvalue weighted by atomic mass is 10.1. The van der Waals surface area contributed by atoms with Crippen molar-refractivity contribution in [2.45, 2.75) is 19.4 Å². The first-order chi connectivity index (χ1) is 8.52. The van der Waals surface area contributed by atoms with Gasteiger partial charge in [0.1, 0.15) is 17.6 Å². The summed E-state index contributed by atoms with van der Waals surface area (Å²) in [6.07, 6.45) is -0.0433. The van der Waals surface area contributed by atoms with Crippen LogP contribution < -0.4 is 0 Å².